The van der Waals surface area contributed by atoms with Crippen LogP contribution in [0.25, 0.3) is 21.9 Å². The normalized spacial score (nSPS) is 14.8. The second kappa shape index (κ2) is 7.93. The molecule has 25 heavy (non-hydrogen) atoms. The SMILES string of the molecule is COc1c(OCCCN2CCCC2)ccc2c1[nH]c1cccnc12.Cl. The van der Waals surface area contributed by atoms with Gasteiger partial charge in [-0.25, -0.2) is 0 Å². The number of ether oxygens (including phenoxy) is 2. The summed E-state index contributed by atoms with van der Waals surface area (Å²) in [5, 5.41) is 1.06. The summed E-state index contributed by atoms with van der Waals surface area (Å²) >= 11 is 0. The lowest BCUT2D eigenvalue weighted by Crippen LogP contribution is -2.21. The molecule has 1 fully saturated rings. The Kier molecular flexibility index (Phi) is 5.66. The molecule has 3 heterocycles. The summed E-state index contributed by atoms with van der Waals surface area (Å²) in [7, 11) is 1.69. The number of fused-ring (bicyclic) bond motifs is 3. The molecular formula is C19H24ClN3O2. The molecule has 1 aliphatic rings. The average molecular weight is 362 g/mol. The summed E-state index contributed by atoms with van der Waals surface area (Å²) in [6.45, 7) is 4.28. The van der Waals surface area contributed by atoms with Crippen molar-refractivity contribution < 1.29 is 9.47 Å². The molecule has 0 saturated carbocycles. The van der Waals surface area contributed by atoms with Gasteiger partial charge in [-0.05, 0) is 56.6 Å². The molecule has 5 nitrogen and oxygen atoms in total. The van der Waals surface area contributed by atoms with Gasteiger partial charge in [-0.1, -0.05) is 0 Å². The van der Waals surface area contributed by atoms with Crippen LogP contribution in [-0.4, -0.2) is 48.2 Å². The number of halogens is 1. The van der Waals surface area contributed by atoms with Crippen LogP contribution in [0.2, 0.25) is 0 Å². The molecule has 4 rings (SSSR count). The van der Waals surface area contributed by atoms with E-state index in [4.69, 9.17) is 9.47 Å². The molecule has 0 amide bonds. The van der Waals surface area contributed by atoms with Gasteiger partial charge in [-0.2, -0.15) is 0 Å². The summed E-state index contributed by atoms with van der Waals surface area (Å²) in [6, 6.07) is 8.00. The lowest BCUT2D eigenvalue weighted by atomic mass is 10.2. The van der Waals surface area contributed by atoms with Crippen molar-refractivity contribution in [3.8, 4) is 11.5 Å². The molecule has 0 bridgehead atoms. The number of benzene rings is 1. The minimum Gasteiger partial charge on any atom is -0.491 e. The third kappa shape index (κ3) is 3.53. The second-order valence-corrected chi connectivity index (χ2v) is 6.29. The first-order valence-electron chi connectivity index (χ1n) is 8.65. The van der Waals surface area contributed by atoms with E-state index in [9.17, 15) is 0 Å². The van der Waals surface area contributed by atoms with Crippen LogP contribution in [0.1, 0.15) is 19.3 Å². The van der Waals surface area contributed by atoms with E-state index in [0.29, 0.717) is 6.61 Å². The van der Waals surface area contributed by atoms with Gasteiger partial charge in [-0.3, -0.25) is 4.98 Å². The lowest BCUT2D eigenvalue weighted by molar-refractivity contribution is 0.255. The van der Waals surface area contributed by atoms with Crippen molar-refractivity contribution in [2.45, 2.75) is 19.3 Å². The number of nitrogens with one attached hydrogen (secondary N) is 1. The molecule has 2 aromatic heterocycles. The van der Waals surface area contributed by atoms with Crippen LogP contribution in [0.5, 0.6) is 11.5 Å². The van der Waals surface area contributed by atoms with Crippen LogP contribution in [0.15, 0.2) is 30.5 Å². The summed E-state index contributed by atoms with van der Waals surface area (Å²) in [4.78, 5) is 10.4. The summed E-state index contributed by atoms with van der Waals surface area (Å²) in [5.74, 6) is 1.55. The predicted molar refractivity (Wildman–Crippen MR) is 103 cm³/mol. The number of nitrogens with zero attached hydrogens (tertiary/aromatic N) is 2. The molecule has 0 spiro atoms. The quantitative estimate of drug-likeness (QED) is 0.674. The van der Waals surface area contributed by atoms with E-state index in [-0.39, 0.29) is 12.4 Å². The van der Waals surface area contributed by atoms with E-state index in [1.54, 1.807) is 7.11 Å². The molecule has 0 aliphatic carbocycles. The predicted octanol–water partition coefficient (Wildman–Crippen LogP) is 4.01. The van der Waals surface area contributed by atoms with Crippen LogP contribution in [-0.2, 0) is 0 Å². The minimum absolute atomic E-state index is 0. The third-order valence-corrected chi connectivity index (χ3v) is 4.72. The number of likely N-dealkylation sites (tertiary alicyclic amines) is 1. The fourth-order valence-electron chi connectivity index (χ4n) is 3.53. The highest BCUT2D eigenvalue weighted by atomic mass is 35.5. The second-order valence-electron chi connectivity index (χ2n) is 6.29. The Morgan fingerprint density at radius 2 is 2.04 bits per heavy atom. The average Bonchev–Trinajstić information content (AvgIpc) is 3.25. The standard InChI is InChI=1S/C19H23N3O2.ClH/c1-23-19-16(24-13-5-12-22-10-2-3-11-22)8-7-14-17-15(21-18(14)19)6-4-9-20-17;/h4,6-9,21H,2-3,5,10-13H2,1H3;1H. The maximum Gasteiger partial charge on any atom is 0.185 e. The molecule has 0 atom stereocenters. The first-order valence-corrected chi connectivity index (χ1v) is 8.65. The van der Waals surface area contributed by atoms with Gasteiger partial charge < -0.3 is 19.4 Å². The van der Waals surface area contributed by atoms with Gasteiger partial charge in [0.25, 0.3) is 0 Å². The molecule has 1 aliphatic heterocycles. The third-order valence-electron chi connectivity index (χ3n) is 4.72. The highest BCUT2D eigenvalue weighted by Crippen LogP contribution is 2.37. The van der Waals surface area contributed by atoms with Gasteiger partial charge in [0.1, 0.15) is 0 Å². The van der Waals surface area contributed by atoms with Gasteiger partial charge in [0.05, 0.1) is 30.3 Å². The van der Waals surface area contributed by atoms with Crippen LogP contribution in [0.4, 0.5) is 0 Å². The zero-order chi connectivity index (χ0) is 16.4. The van der Waals surface area contributed by atoms with Gasteiger partial charge in [0.15, 0.2) is 11.5 Å². The van der Waals surface area contributed by atoms with Crippen molar-refractivity contribution in [3.05, 3.63) is 30.5 Å². The van der Waals surface area contributed by atoms with Crippen LogP contribution in [0.3, 0.4) is 0 Å². The summed E-state index contributed by atoms with van der Waals surface area (Å²) in [5.41, 5.74) is 2.92. The Bertz CT molecular complexity index is 843. The molecule has 0 radical (unpaired) electrons. The minimum atomic E-state index is 0. The Morgan fingerprint density at radius 3 is 2.84 bits per heavy atom. The van der Waals surface area contributed by atoms with Crippen molar-refractivity contribution in [2.24, 2.45) is 0 Å². The van der Waals surface area contributed by atoms with E-state index in [1.807, 2.05) is 24.4 Å². The fraction of sp³-hybridized carbons (Fsp3) is 0.421. The fourth-order valence-corrected chi connectivity index (χ4v) is 3.53. The molecule has 3 aromatic rings. The largest absolute Gasteiger partial charge is 0.491 e. The van der Waals surface area contributed by atoms with Gasteiger partial charge >= 0.3 is 0 Å². The maximum absolute atomic E-state index is 6.00. The summed E-state index contributed by atoms with van der Waals surface area (Å²) in [6.07, 6.45) is 5.51. The number of aromatic amines is 1. The highest BCUT2D eigenvalue weighted by Gasteiger charge is 2.15. The summed E-state index contributed by atoms with van der Waals surface area (Å²) < 4.78 is 11.6. The first kappa shape index (κ1) is 17.8. The number of aromatic nitrogens is 2. The van der Waals surface area contributed by atoms with Gasteiger partial charge in [0, 0.05) is 18.1 Å². The van der Waals surface area contributed by atoms with E-state index in [2.05, 4.69) is 20.9 Å². The van der Waals surface area contributed by atoms with Crippen LogP contribution >= 0.6 is 12.4 Å². The van der Waals surface area contributed by atoms with E-state index < -0.39 is 0 Å². The molecule has 0 unspecified atom stereocenters. The molecule has 1 N–H and O–H groups in total. The Hall–Kier alpha value is -1.98. The van der Waals surface area contributed by atoms with Crippen molar-refractivity contribution in [1.82, 2.24) is 14.9 Å². The maximum atomic E-state index is 6.00. The van der Waals surface area contributed by atoms with Crippen molar-refractivity contribution >= 4 is 34.3 Å². The number of H-pyrrole nitrogens is 1. The molecule has 1 saturated heterocycles. The first-order chi connectivity index (χ1) is 11.9. The number of pyridine rings is 1. The zero-order valence-corrected chi connectivity index (χ0v) is 15.3. The molecular weight excluding hydrogens is 338 g/mol. The Labute approximate surface area is 153 Å². The highest BCUT2D eigenvalue weighted by molar-refractivity contribution is 6.07. The topological polar surface area (TPSA) is 50.4 Å². The number of methoxy groups -OCH3 is 1. The van der Waals surface area contributed by atoms with Gasteiger partial charge in [-0.15, -0.1) is 12.4 Å². The van der Waals surface area contributed by atoms with Crippen molar-refractivity contribution in [2.75, 3.05) is 33.4 Å². The molecule has 6 heteroatoms. The van der Waals surface area contributed by atoms with Gasteiger partial charge in [0.2, 0.25) is 0 Å². The monoisotopic (exact) mass is 361 g/mol. The number of hydrogen-bond acceptors (Lipinski definition) is 4. The molecule has 134 valence electrons. The van der Waals surface area contributed by atoms with Crippen molar-refractivity contribution in [3.63, 3.8) is 0 Å². The zero-order valence-electron chi connectivity index (χ0n) is 14.5. The number of rotatable bonds is 6. The smallest absolute Gasteiger partial charge is 0.185 e. The van der Waals surface area contributed by atoms with E-state index >= 15 is 0 Å². The van der Waals surface area contributed by atoms with E-state index in [0.717, 1.165) is 46.4 Å². The Balaban J connectivity index is 0.00000182. The lowest BCUT2D eigenvalue weighted by Gasteiger charge is -2.15. The van der Waals surface area contributed by atoms with Crippen molar-refractivity contribution in [1.29, 1.82) is 0 Å². The number of hydrogen-bond donors (Lipinski definition) is 1. The van der Waals surface area contributed by atoms with Crippen LogP contribution < -0.4 is 9.47 Å². The molecule has 1 aromatic carbocycles. The van der Waals surface area contributed by atoms with E-state index in [1.165, 1.54) is 25.9 Å². The van der Waals surface area contributed by atoms with Crippen LogP contribution in [0, 0.1) is 0 Å². The Morgan fingerprint density at radius 1 is 1.20 bits per heavy atom.